The number of carboxylic acid groups (broad SMARTS) is 1. The summed E-state index contributed by atoms with van der Waals surface area (Å²) in [6.45, 7) is 5.45. The Morgan fingerprint density at radius 1 is 1.33 bits per heavy atom. The Morgan fingerprint density at radius 3 is 2.56 bits per heavy atom. The average Bonchev–Trinajstić information content (AvgIpc) is 3.00. The summed E-state index contributed by atoms with van der Waals surface area (Å²) in [5.74, 6) is -2.00. The standard InChI is InChI=1S/C20H24O7/c1-10(8-11(2)19(23)26-5)6-7-13-15(18(21)22)16-14(9-27-20(16)24)12(3)17(13)25-4/h6,11H,7-9H2,1-5H3,(H,21,22)/t11-/m1/s1. The number of methoxy groups -OCH3 is 2. The van der Waals surface area contributed by atoms with E-state index in [0.29, 0.717) is 28.9 Å². The maximum absolute atomic E-state index is 12.1. The van der Waals surface area contributed by atoms with Crippen LogP contribution in [0.3, 0.4) is 0 Å². The van der Waals surface area contributed by atoms with Crippen molar-refractivity contribution in [1.29, 1.82) is 0 Å². The van der Waals surface area contributed by atoms with E-state index in [1.165, 1.54) is 14.2 Å². The van der Waals surface area contributed by atoms with Crippen LogP contribution in [0.1, 0.15) is 57.7 Å². The number of carbonyl (C=O) groups excluding carboxylic acids is 2. The highest BCUT2D eigenvalue weighted by Crippen LogP contribution is 2.38. The highest BCUT2D eigenvalue weighted by Gasteiger charge is 2.34. The fraction of sp³-hybridized carbons (Fsp3) is 0.450. The lowest BCUT2D eigenvalue weighted by Gasteiger charge is -2.17. The van der Waals surface area contributed by atoms with E-state index in [9.17, 15) is 19.5 Å². The Bertz CT molecular complexity index is 820. The summed E-state index contributed by atoms with van der Waals surface area (Å²) in [5.41, 5.74) is 2.60. The van der Waals surface area contributed by atoms with Gasteiger partial charge < -0.3 is 19.3 Å². The topological polar surface area (TPSA) is 99.1 Å². The summed E-state index contributed by atoms with van der Waals surface area (Å²) in [5, 5.41) is 9.73. The van der Waals surface area contributed by atoms with Gasteiger partial charge in [-0.1, -0.05) is 18.6 Å². The third kappa shape index (κ3) is 3.97. The van der Waals surface area contributed by atoms with Crippen molar-refractivity contribution in [3.05, 3.63) is 39.5 Å². The molecular weight excluding hydrogens is 352 g/mol. The number of hydrogen-bond acceptors (Lipinski definition) is 6. The molecular formula is C20H24O7. The molecule has 0 radical (unpaired) electrons. The van der Waals surface area contributed by atoms with Gasteiger partial charge in [-0.05, 0) is 32.3 Å². The molecule has 0 spiro atoms. The molecule has 0 saturated carbocycles. The minimum atomic E-state index is -1.20. The zero-order valence-corrected chi connectivity index (χ0v) is 16.2. The molecule has 2 rings (SSSR count). The van der Waals surface area contributed by atoms with E-state index < -0.39 is 11.9 Å². The van der Waals surface area contributed by atoms with E-state index in [4.69, 9.17) is 14.2 Å². The smallest absolute Gasteiger partial charge is 0.339 e. The van der Waals surface area contributed by atoms with Crippen molar-refractivity contribution in [3.8, 4) is 5.75 Å². The van der Waals surface area contributed by atoms with Gasteiger partial charge in [-0.2, -0.15) is 0 Å². The van der Waals surface area contributed by atoms with Gasteiger partial charge in [-0.25, -0.2) is 9.59 Å². The van der Waals surface area contributed by atoms with E-state index in [-0.39, 0.29) is 36.0 Å². The van der Waals surface area contributed by atoms with Crippen LogP contribution in [0.15, 0.2) is 11.6 Å². The average molecular weight is 376 g/mol. The zero-order chi connectivity index (χ0) is 20.3. The molecule has 1 heterocycles. The molecule has 27 heavy (non-hydrogen) atoms. The maximum Gasteiger partial charge on any atom is 0.339 e. The number of fused-ring (bicyclic) bond motifs is 1. The molecule has 1 aliphatic rings. The maximum atomic E-state index is 12.1. The summed E-state index contributed by atoms with van der Waals surface area (Å²) in [4.78, 5) is 35.6. The number of ether oxygens (including phenoxy) is 3. The minimum Gasteiger partial charge on any atom is -0.496 e. The Morgan fingerprint density at radius 2 is 2.00 bits per heavy atom. The van der Waals surface area contributed by atoms with Gasteiger partial charge in [0.1, 0.15) is 12.4 Å². The molecule has 0 unspecified atom stereocenters. The van der Waals surface area contributed by atoms with Crippen LogP contribution in [0.5, 0.6) is 5.75 Å². The van der Waals surface area contributed by atoms with Crippen LogP contribution in [0, 0.1) is 12.8 Å². The van der Waals surface area contributed by atoms with Gasteiger partial charge in [0.25, 0.3) is 0 Å². The second-order valence-electron chi connectivity index (χ2n) is 6.63. The number of hydrogen-bond donors (Lipinski definition) is 1. The van der Waals surface area contributed by atoms with Gasteiger partial charge in [-0.15, -0.1) is 0 Å². The third-order valence-electron chi connectivity index (χ3n) is 4.78. The van der Waals surface area contributed by atoms with Gasteiger partial charge in [-0.3, -0.25) is 4.79 Å². The predicted octanol–water partition coefficient (Wildman–Crippen LogP) is 3.06. The Hall–Kier alpha value is -2.83. The SMILES string of the molecule is COC(=O)[C@H](C)CC(C)=CCc1c(OC)c(C)c2c(c1C(=O)O)C(=O)OC2. The molecule has 0 aromatic heterocycles. The molecule has 0 fully saturated rings. The number of allylic oxidation sites excluding steroid dienone is 2. The van der Waals surface area contributed by atoms with Crippen molar-refractivity contribution in [2.24, 2.45) is 5.92 Å². The van der Waals surface area contributed by atoms with Crippen molar-refractivity contribution >= 4 is 17.9 Å². The lowest BCUT2D eigenvalue weighted by molar-refractivity contribution is -0.144. The van der Waals surface area contributed by atoms with E-state index >= 15 is 0 Å². The Labute approximate surface area is 157 Å². The quantitative estimate of drug-likeness (QED) is 0.577. The number of rotatable bonds is 7. The molecule has 7 nitrogen and oxygen atoms in total. The second-order valence-corrected chi connectivity index (χ2v) is 6.63. The van der Waals surface area contributed by atoms with Crippen LogP contribution in [-0.2, 0) is 27.3 Å². The molecule has 1 N–H and O–H groups in total. The monoisotopic (exact) mass is 376 g/mol. The zero-order valence-electron chi connectivity index (χ0n) is 16.2. The molecule has 146 valence electrons. The van der Waals surface area contributed by atoms with E-state index in [1.54, 1.807) is 13.8 Å². The minimum absolute atomic E-state index is 0.0441. The summed E-state index contributed by atoms with van der Waals surface area (Å²) < 4.78 is 15.2. The number of benzene rings is 1. The molecule has 1 aromatic rings. The predicted molar refractivity (Wildman–Crippen MR) is 97.1 cm³/mol. The number of cyclic esters (lactones) is 1. The normalized spacial score (nSPS) is 14.4. The number of carboxylic acids is 1. The fourth-order valence-electron chi connectivity index (χ4n) is 3.42. The molecule has 1 aromatic carbocycles. The largest absolute Gasteiger partial charge is 0.496 e. The highest BCUT2D eigenvalue weighted by molar-refractivity contribution is 6.07. The summed E-state index contributed by atoms with van der Waals surface area (Å²) in [6.07, 6.45) is 2.59. The Balaban J connectivity index is 2.47. The van der Waals surface area contributed by atoms with Gasteiger partial charge in [0.15, 0.2) is 0 Å². The van der Waals surface area contributed by atoms with Crippen molar-refractivity contribution in [2.45, 2.75) is 40.2 Å². The first-order valence-corrected chi connectivity index (χ1v) is 8.59. The lowest BCUT2D eigenvalue weighted by atomic mass is 9.89. The molecule has 0 amide bonds. The molecule has 1 atom stereocenters. The molecule has 1 aliphatic heterocycles. The van der Waals surface area contributed by atoms with Crippen LogP contribution in [0.25, 0.3) is 0 Å². The van der Waals surface area contributed by atoms with Crippen molar-refractivity contribution in [1.82, 2.24) is 0 Å². The number of carbonyl (C=O) groups is 3. The van der Waals surface area contributed by atoms with Crippen LogP contribution in [0.2, 0.25) is 0 Å². The molecule has 0 aliphatic carbocycles. The number of aromatic carboxylic acids is 1. The third-order valence-corrected chi connectivity index (χ3v) is 4.78. The van der Waals surface area contributed by atoms with Crippen molar-refractivity contribution in [2.75, 3.05) is 14.2 Å². The summed E-state index contributed by atoms with van der Waals surface area (Å²) in [6, 6.07) is 0. The highest BCUT2D eigenvalue weighted by atomic mass is 16.5. The number of esters is 2. The second kappa shape index (κ2) is 8.24. The first-order valence-electron chi connectivity index (χ1n) is 8.59. The first kappa shape index (κ1) is 20.5. The van der Waals surface area contributed by atoms with E-state index in [0.717, 1.165) is 5.57 Å². The van der Waals surface area contributed by atoms with Gasteiger partial charge in [0, 0.05) is 11.1 Å². The van der Waals surface area contributed by atoms with E-state index in [2.05, 4.69) is 0 Å². The summed E-state index contributed by atoms with van der Waals surface area (Å²) >= 11 is 0. The van der Waals surface area contributed by atoms with Gasteiger partial charge in [0.2, 0.25) is 0 Å². The van der Waals surface area contributed by atoms with Gasteiger partial charge >= 0.3 is 17.9 Å². The van der Waals surface area contributed by atoms with Gasteiger partial charge in [0.05, 0.1) is 31.3 Å². The lowest BCUT2D eigenvalue weighted by Crippen LogP contribution is -2.14. The van der Waals surface area contributed by atoms with Crippen LogP contribution in [0.4, 0.5) is 0 Å². The van der Waals surface area contributed by atoms with E-state index in [1.807, 2.05) is 13.0 Å². The molecule has 0 saturated heterocycles. The van der Waals surface area contributed by atoms with Crippen molar-refractivity contribution < 1.29 is 33.7 Å². The molecule has 0 bridgehead atoms. The van der Waals surface area contributed by atoms with Crippen LogP contribution >= 0.6 is 0 Å². The van der Waals surface area contributed by atoms with Crippen molar-refractivity contribution in [3.63, 3.8) is 0 Å². The van der Waals surface area contributed by atoms with Crippen LogP contribution in [-0.4, -0.2) is 37.2 Å². The fourth-order valence-corrected chi connectivity index (χ4v) is 3.42. The Kier molecular flexibility index (Phi) is 6.25. The molecule has 7 heteroatoms. The summed E-state index contributed by atoms with van der Waals surface area (Å²) in [7, 11) is 2.81. The van der Waals surface area contributed by atoms with Crippen LogP contribution < -0.4 is 4.74 Å². The first-order chi connectivity index (χ1) is 12.7.